The number of amides is 1. The first kappa shape index (κ1) is 21.0. The van der Waals surface area contributed by atoms with Gasteiger partial charge in [-0.25, -0.2) is 0 Å². The topological polar surface area (TPSA) is 99.7 Å². The molecule has 0 radical (unpaired) electrons. The number of nitrogens with one attached hydrogen (secondary N) is 2. The fourth-order valence-corrected chi connectivity index (χ4v) is 4.50. The van der Waals surface area contributed by atoms with Crippen LogP contribution in [0.4, 0.5) is 0 Å². The second-order valence-electron chi connectivity index (χ2n) is 8.50. The van der Waals surface area contributed by atoms with E-state index in [4.69, 9.17) is 11.5 Å². The zero-order valence-corrected chi connectivity index (χ0v) is 17.2. The number of hydrogen-bond acceptors (Lipinski definition) is 6. The predicted molar refractivity (Wildman–Crippen MR) is 113 cm³/mol. The van der Waals surface area contributed by atoms with E-state index >= 15 is 0 Å². The number of carbonyl (C=O) groups is 1. The lowest BCUT2D eigenvalue weighted by molar-refractivity contribution is -0.118. The summed E-state index contributed by atoms with van der Waals surface area (Å²) in [5.41, 5.74) is 12.4. The summed E-state index contributed by atoms with van der Waals surface area (Å²) in [4.78, 5) is 17.0. The summed E-state index contributed by atoms with van der Waals surface area (Å²) in [5, 5.41) is 6.45. The Morgan fingerprint density at radius 1 is 0.964 bits per heavy atom. The van der Waals surface area contributed by atoms with Crippen molar-refractivity contribution in [2.75, 3.05) is 45.8 Å². The van der Waals surface area contributed by atoms with Gasteiger partial charge in [0.25, 0.3) is 5.91 Å². The first-order chi connectivity index (χ1) is 13.6. The predicted octanol–water partition coefficient (Wildman–Crippen LogP) is 0.695. The molecule has 7 heteroatoms. The van der Waals surface area contributed by atoms with Crippen LogP contribution in [0, 0.1) is 5.92 Å². The maximum absolute atomic E-state index is 12.2. The number of carbonyl (C=O) groups excluding carboxylic acids is 1. The van der Waals surface area contributed by atoms with Crippen molar-refractivity contribution < 1.29 is 4.79 Å². The van der Waals surface area contributed by atoms with Crippen molar-refractivity contribution in [3.8, 4) is 0 Å². The summed E-state index contributed by atoms with van der Waals surface area (Å²) >= 11 is 0. The fourth-order valence-electron chi connectivity index (χ4n) is 4.50. The molecule has 2 saturated heterocycles. The first-order valence-electron chi connectivity index (χ1n) is 11.0. The van der Waals surface area contributed by atoms with Crippen LogP contribution in [0.2, 0.25) is 0 Å². The first-order valence-corrected chi connectivity index (χ1v) is 11.0. The smallest absolute Gasteiger partial charge is 0.267 e. The van der Waals surface area contributed by atoms with Gasteiger partial charge in [-0.3, -0.25) is 4.79 Å². The van der Waals surface area contributed by atoms with E-state index in [9.17, 15) is 4.79 Å². The third kappa shape index (κ3) is 6.41. The molecule has 2 aliphatic heterocycles. The Balaban J connectivity index is 1.41. The number of piperidine rings is 1. The van der Waals surface area contributed by atoms with Crippen LogP contribution in [0.3, 0.4) is 0 Å². The van der Waals surface area contributed by atoms with Gasteiger partial charge in [0.2, 0.25) is 0 Å². The Bertz CT molecular complexity index is 555. The van der Waals surface area contributed by atoms with Gasteiger partial charge in [0, 0.05) is 51.9 Å². The minimum absolute atomic E-state index is 0.175. The Labute approximate surface area is 169 Å². The standard InChI is InChI=1S/C21H38N6O/c22-19(21(28)25-18-4-2-1-3-5-18)6-7-20(23)27-12-8-17(9-13-27)16-26-14-10-24-11-15-26/h6-7,17-18,24H,1-5,8-16,22-23H2,(H,25,28)/b19-6-,20-7+. The van der Waals surface area contributed by atoms with E-state index in [0.717, 1.165) is 58.0 Å². The van der Waals surface area contributed by atoms with Crippen molar-refractivity contribution in [1.82, 2.24) is 20.4 Å². The van der Waals surface area contributed by atoms with Crippen LogP contribution in [0.25, 0.3) is 0 Å². The van der Waals surface area contributed by atoms with Gasteiger partial charge in [0.15, 0.2) is 0 Å². The molecule has 1 aliphatic carbocycles. The van der Waals surface area contributed by atoms with Crippen molar-refractivity contribution in [3.63, 3.8) is 0 Å². The summed E-state index contributed by atoms with van der Waals surface area (Å²) in [6.45, 7) is 7.69. The number of allylic oxidation sites excluding steroid dienone is 2. The minimum Gasteiger partial charge on any atom is -0.394 e. The van der Waals surface area contributed by atoms with Crippen molar-refractivity contribution >= 4 is 5.91 Å². The van der Waals surface area contributed by atoms with E-state index < -0.39 is 0 Å². The summed E-state index contributed by atoms with van der Waals surface area (Å²) in [5.74, 6) is 1.28. The average Bonchev–Trinajstić information content (AvgIpc) is 2.73. The van der Waals surface area contributed by atoms with Crippen LogP contribution in [0.5, 0.6) is 0 Å². The highest BCUT2D eigenvalue weighted by Crippen LogP contribution is 2.20. The Hall–Kier alpha value is -1.73. The van der Waals surface area contributed by atoms with Crippen LogP contribution in [0.15, 0.2) is 23.7 Å². The van der Waals surface area contributed by atoms with Gasteiger partial charge in [-0.1, -0.05) is 19.3 Å². The molecule has 158 valence electrons. The summed E-state index contributed by atoms with van der Waals surface area (Å²) < 4.78 is 0. The molecular weight excluding hydrogens is 352 g/mol. The summed E-state index contributed by atoms with van der Waals surface area (Å²) in [6, 6.07) is 0.268. The Morgan fingerprint density at radius 2 is 1.64 bits per heavy atom. The zero-order valence-electron chi connectivity index (χ0n) is 17.2. The van der Waals surface area contributed by atoms with E-state index in [0.29, 0.717) is 5.82 Å². The molecule has 0 bridgehead atoms. The van der Waals surface area contributed by atoms with E-state index in [1.807, 2.05) is 0 Å². The van der Waals surface area contributed by atoms with Gasteiger partial charge in [-0.05, 0) is 43.8 Å². The minimum atomic E-state index is -0.175. The van der Waals surface area contributed by atoms with E-state index in [1.165, 1.54) is 38.6 Å². The highest BCUT2D eigenvalue weighted by atomic mass is 16.2. The number of piperazine rings is 1. The fraction of sp³-hybridized carbons (Fsp3) is 0.762. The third-order valence-corrected chi connectivity index (χ3v) is 6.34. The SMILES string of the molecule is N/C(=C\C=C(/N)N1CCC(CN2CCNCC2)CC1)C(=O)NC1CCCCC1. The lowest BCUT2D eigenvalue weighted by Gasteiger charge is -2.37. The van der Waals surface area contributed by atoms with Crippen molar-refractivity contribution in [3.05, 3.63) is 23.7 Å². The summed E-state index contributed by atoms with van der Waals surface area (Å²) in [7, 11) is 0. The van der Waals surface area contributed by atoms with E-state index in [2.05, 4.69) is 20.4 Å². The third-order valence-electron chi connectivity index (χ3n) is 6.34. The Morgan fingerprint density at radius 3 is 2.32 bits per heavy atom. The van der Waals surface area contributed by atoms with Crippen LogP contribution in [-0.2, 0) is 4.79 Å². The quantitative estimate of drug-likeness (QED) is 0.393. The largest absolute Gasteiger partial charge is 0.394 e. The zero-order chi connectivity index (χ0) is 19.8. The highest BCUT2D eigenvalue weighted by molar-refractivity contribution is 5.92. The number of hydrogen-bond donors (Lipinski definition) is 4. The molecule has 6 N–H and O–H groups in total. The molecule has 0 spiro atoms. The lowest BCUT2D eigenvalue weighted by atomic mass is 9.95. The molecular formula is C21H38N6O. The lowest BCUT2D eigenvalue weighted by Crippen LogP contribution is -2.47. The number of likely N-dealkylation sites (tertiary alicyclic amines) is 1. The van der Waals surface area contributed by atoms with E-state index in [-0.39, 0.29) is 17.6 Å². The van der Waals surface area contributed by atoms with Gasteiger partial charge in [-0.15, -0.1) is 0 Å². The second-order valence-corrected chi connectivity index (χ2v) is 8.50. The molecule has 0 aromatic carbocycles. The van der Waals surface area contributed by atoms with Gasteiger partial charge < -0.3 is 31.9 Å². The molecule has 3 aliphatic rings. The molecule has 3 rings (SSSR count). The monoisotopic (exact) mass is 390 g/mol. The molecule has 0 aromatic rings. The second kappa shape index (κ2) is 10.7. The molecule has 2 heterocycles. The molecule has 0 aromatic heterocycles. The van der Waals surface area contributed by atoms with Crippen molar-refractivity contribution in [2.45, 2.75) is 51.0 Å². The van der Waals surface area contributed by atoms with Gasteiger partial charge in [0.1, 0.15) is 0 Å². The van der Waals surface area contributed by atoms with E-state index in [1.54, 1.807) is 12.2 Å². The van der Waals surface area contributed by atoms with Crippen LogP contribution < -0.4 is 22.1 Å². The van der Waals surface area contributed by atoms with Crippen LogP contribution in [-0.4, -0.2) is 67.6 Å². The van der Waals surface area contributed by atoms with Gasteiger partial charge in [-0.2, -0.15) is 0 Å². The summed E-state index contributed by atoms with van der Waals surface area (Å²) in [6.07, 6.45) is 11.5. The number of nitrogens with two attached hydrogens (primary N) is 2. The molecule has 3 fully saturated rings. The average molecular weight is 391 g/mol. The number of nitrogens with zero attached hydrogens (tertiary/aromatic N) is 2. The molecule has 28 heavy (non-hydrogen) atoms. The maximum Gasteiger partial charge on any atom is 0.267 e. The van der Waals surface area contributed by atoms with Gasteiger partial charge >= 0.3 is 0 Å². The molecule has 1 saturated carbocycles. The normalized spacial score (nSPS) is 24.4. The van der Waals surface area contributed by atoms with Crippen molar-refractivity contribution in [1.29, 1.82) is 0 Å². The molecule has 7 nitrogen and oxygen atoms in total. The molecule has 0 atom stereocenters. The molecule has 0 unspecified atom stereocenters. The van der Waals surface area contributed by atoms with Crippen LogP contribution in [0.1, 0.15) is 44.9 Å². The molecule has 1 amide bonds. The maximum atomic E-state index is 12.2. The Kier molecular flexibility index (Phi) is 8.03. The van der Waals surface area contributed by atoms with Crippen molar-refractivity contribution in [2.24, 2.45) is 17.4 Å². The van der Waals surface area contributed by atoms with Crippen LogP contribution >= 0.6 is 0 Å². The number of rotatable bonds is 6. The highest BCUT2D eigenvalue weighted by Gasteiger charge is 2.22. The van der Waals surface area contributed by atoms with Gasteiger partial charge in [0.05, 0.1) is 11.5 Å².